The largest absolute Gasteiger partial charge is 0.504 e. The van der Waals surface area contributed by atoms with Gasteiger partial charge in [-0.2, -0.15) is 0 Å². The molecule has 0 fully saturated rings. The molecular formula is C15H19NO3. The Bertz CT molecular complexity index is 516. The molecule has 4 heteroatoms. The van der Waals surface area contributed by atoms with Crippen molar-refractivity contribution in [3.63, 3.8) is 0 Å². The lowest BCUT2D eigenvalue weighted by Gasteiger charge is -2.22. The molecular weight excluding hydrogens is 242 g/mol. The number of allylic oxidation sites excluding steroid dienone is 4. The molecule has 0 saturated heterocycles. The molecule has 4 nitrogen and oxygen atoms in total. The van der Waals surface area contributed by atoms with E-state index in [1.807, 2.05) is 31.2 Å². The SMILES string of the molecule is COc1c(C)c(OC)c(O)c([C@H]2C=CC=CC2)c1N. The Balaban J connectivity index is 2.65. The molecule has 0 saturated carbocycles. The van der Waals surface area contributed by atoms with Gasteiger partial charge >= 0.3 is 0 Å². The number of anilines is 1. The van der Waals surface area contributed by atoms with Crippen LogP contribution in [0.2, 0.25) is 0 Å². The first-order chi connectivity index (χ1) is 9.11. The van der Waals surface area contributed by atoms with Crippen molar-refractivity contribution < 1.29 is 14.6 Å². The molecule has 0 bridgehead atoms. The number of hydrogen-bond acceptors (Lipinski definition) is 4. The van der Waals surface area contributed by atoms with Gasteiger partial charge in [0.25, 0.3) is 0 Å². The summed E-state index contributed by atoms with van der Waals surface area (Å²) in [6, 6.07) is 0. The summed E-state index contributed by atoms with van der Waals surface area (Å²) in [5, 5.41) is 10.4. The average molecular weight is 261 g/mol. The minimum Gasteiger partial charge on any atom is -0.504 e. The molecule has 1 aromatic carbocycles. The Kier molecular flexibility index (Phi) is 3.69. The monoisotopic (exact) mass is 261 g/mol. The molecule has 0 aliphatic heterocycles. The molecule has 0 heterocycles. The second kappa shape index (κ2) is 5.26. The molecule has 0 unspecified atom stereocenters. The van der Waals surface area contributed by atoms with Gasteiger partial charge in [0, 0.05) is 17.0 Å². The summed E-state index contributed by atoms with van der Waals surface area (Å²) in [5.41, 5.74) is 8.00. The molecule has 2 rings (SSSR count). The fourth-order valence-corrected chi connectivity index (χ4v) is 2.54. The molecule has 1 atom stereocenters. The van der Waals surface area contributed by atoms with Crippen LogP contribution in [0.25, 0.3) is 0 Å². The molecule has 0 aromatic heterocycles. The summed E-state index contributed by atoms with van der Waals surface area (Å²) in [4.78, 5) is 0. The number of ether oxygens (including phenoxy) is 2. The van der Waals surface area contributed by atoms with Crippen LogP contribution in [0.3, 0.4) is 0 Å². The van der Waals surface area contributed by atoms with Crippen molar-refractivity contribution in [2.24, 2.45) is 0 Å². The Hall–Kier alpha value is -2.10. The van der Waals surface area contributed by atoms with E-state index in [0.29, 0.717) is 28.3 Å². The Labute approximate surface area is 113 Å². The molecule has 1 aliphatic rings. The van der Waals surface area contributed by atoms with Crippen LogP contribution in [0.15, 0.2) is 24.3 Å². The van der Waals surface area contributed by atoms with Crippen LogP contribution in [0.5, 0.6) is 17.2 Å². The van der Waals surface area contributed by atoms with Gasteiger partial charge in [0.2, 0.25) is 0 Å². The molecule has 0 radical (unpaired) electrons. The fraction of sp³-hybridized carbons (Fsp3) is 0.333. The van der Waals surface area contributed by atoms with Crippen LogP contribution in [-0.2, 0) is 0 Å². The van der Waals surface area contributed by atoms with Crippen molar-refractivity contribution in [3.8, 4) is 17.2 Å². The predicted molar refractivity (Wildman–Crippen MR) is 76.0 cm³/mol. The average Bonchev–Trinajstić information content (AvgIpc) is 2.41. The number of hydrogen-bond donors (Lipinski definition) is 2. The highest BCUT2D eigenvalue weighted by atomic mass is 16.5. The quantitative estimate of drug-likeness (QED) is 0.821. The highest BCUT2D eigenvalue weighted by Crippen LogP contribution is 2.49. The Morgan fingerprint density at radius 3 is 2.42 bits per heavy atom. The van der Waals surface area contributed by atoms with Gasteiger partial charge in [-0.3, -0.25) is 0 Å². The zero-order valence-corrected chi connectivity index (χ0v) is 11.4. The highest BCUT2D eigenvalue weighted by Gasteiger charge is 2.25. The summed E-state index contributed by atoms with van der Waals surface area (Å²) in [7, 11) is 3.09. The summed E-state index contributed by atoms with van der Waals surface area (Å²) in [6.07, 6.45) is 8.78. The molecule has 102 valence electrons. The molecule has 1 aromatic rings. The number of phenols is 1. The van der Waals surface area contributed by atoms with E-state index in [9.17, 15) is 5.11 Å². The maximum atomic E-state index is 10.4. The van der Waals surface area contributed by atoms with E-state index < -0.39 is 0 Å². The first kappa shape index (κ1) is 13.3. The summed E-state index contributed by atoms with van der Waals surface area (Å²) in [6.45, 7) is 1.81. The van der Waals surface area contributed by atoms with E-state index in [4.69, 9.17) is 15.2 Å². The predicted octanol–water partition coefficient (Wildman–Crippen LogP) is 2.90. The van der Waals surface area contributed by atoms with Crippen LogP contribution in [0, 0.1) is 6.92 Å². The first-order valence-corrected chi connectivity index (χ1v) is 6.18. The lowest BCUT2D eigenvalue weighted by molar-refractivity contribution is 0.357. The summed E-state index contributed by atoms with van der Waals surface area (Å²) in [5.74, 6) is 1.12. The normalized spacial score (nSPS) is 17.5. The van der Waals surface area contributed by atoms with Gasteiger partial charge in [0.05, 0.1) is 19.9 Å². The van der Waals surface area contributed by atoms with Gasteiger partial charge in [0.1, 0.15) is 5.75 Å². The maximum Gasteiger partial charge on any atom is 0.167 e. The van der Waals surface area contributed by atoms with Gasteiger partial charge in [-0.25, -0.2) is 0 Å². The molecule has 0 amide bonds. The van der Waals surface area contributed by atoms with E-state index in [1.54, 1.807) is 7.11 Å². The number of phenolic OH excluding ortho intramolecular Hbond substituents is 1. The zero-order valence-electron chi connectivity index (χ0n) is 11.4. The fourth-order valence-electron chi connectivity index (χ4n) is 2.54. The second-order valence-corrected chi connectivity index (χ2v) is 4.52. The Morgan fingerprint density at radius 2 is 1.89 bits per heavy atom. The van der Waals surface area contributed by atoms with Crippen molar-refractivity contribution in [2.75, 3.05) is 20.0 Å². The standard InChI is InChI=1S/C15H19NO3/c1-9-14(18-2)12(16)11(13(17)15(9)19-3)10-7-5-4-6-8-10/h4-7,10,17H,8,16H2,1-3H3/t10-/m0/s1. The highest BCUT2D eigenvalue weighted by molar-refractivity contribution is 5.73. The third-order valence-corrected chi connectivity index (χ3v) is 3.45. The van der Waals surface area contributed by atoms with Gasteiger partial charge in [0.15, 0.2) is 11.5 Å². The number of benzene rings is 1. The molecule has 3 N–H and O–H groups in total. The number of nitrogen functional groups attached to an aromatic ring is 1. The van der Waals surface area contributed by atoms with E-state index in [1.165, 1.54) is 7.11 Å². The first-order valence-electron chi connectivity index (χ1n) is 6.18. The minimum absolute atomic E-state index is 0.0356. The lowest BCUT2D eigenvalue weighted by Crippen LogP contribution is -2.07. The topological polar surface area (TPSA) is 64.7 Å². The van der Waals surface area contributed by atoms with Gasteiger partial charge < -0.3 is 20.3 Å². The number of aromatic hydroxyl groups is 1. The van der Waals surface area contributed by atoms with Crippen LogP contribution < -0.4 is 15.2 Å². The van der Waals surface area contributed by atoms with E-state index >= 15 is 0 Å². The van der Waals surface area contributed by atoms with Crippen LogP contribution in [0.4, 0.5) is 5.69 Å². The van der Waals surface area contributed by atoms with Crippen LogP contribution in [-0.4, -0.2) is 19.3 Å². The zero-order chi connectivity index (χ0) is 14.0. The van der Waals surface area contributed by atoms with E-state index in [0.717, 1.165) is 6.42 Å². The third kappa shape index (κ3) is 2.14. The van der Waals surface area contributed by atoms with Crippen molar-refractivity contribution in [3.05, 3.63) is 35.4 Å². The molecule has 1 aliphatic carbocycles. The minimum atomic E-state index is 0.0356. The summed E-state index contributed by atoms with van der Waals surface area (Å²) < 4.78 is 10.6. The van der Waals surface area contributed by atoms with Gasteiger partial charge in [-0.05, 0) is 13.3 Å². The summed E-state index contributed by atoms with van der Waals surface area (Å²) >= 11 is 0. The van der Waals surface area contributed by atoms with Crippen LogP contribution in [0.1, 0.15) is 23.5 Å². The van der Waals surface area contributed by atoms with Gasteiger partial charge in [-0.15, -0.1) is 0 Å². The lowest BCUT2D eigenvalue weighted by atomic mass is 9.89. The van der Waals surface area contributed by atoms with Crippen molar-refractivity contribution in [1.29, 1.82) is 0 Å². The van der Waals surface area contributed by atoms with E-state index in [2.05, 4.69) is 0 Å². The molecule has 0 spiro atoms. The van der Waals surface area contributed by atoms with E-state index in [-0.39, 0.29) is 11.7 Å². The smallest absolute Gasteiger partial charge is 0.167 e. The number of methoxy groups -OCH3 is 2. The maximum absolute atomic E-state index is 10.4. The van der Waals surface area contributed by atoms with Crippen molar-refractivity contribution in [1.82, 2.24) is 0 Å². The second-order valence-electron chi connectivity index (χ2n) is 4.52. The van der Waals surface area contributed by atoms with Crippen LogP contribution >= 0.6 is 0 Å². The number of rotatable bonds is 3. The molecule has 19 heavy (non-hydrogen) atoms. The number of nitrogens with two attached hydrogens (primary N) is 1. The van der Waals surface area contributed by atoms with Crippen molar-refractivity contribution >= 4 is 5.69 Å². The third-order valence-electron chi connectivity index (χ3n) is 3.45. The van der Waals surface area contributed by atoms with Crippen molar-refractivity contribution in [2.45, 2.75) is 19.3 Å². The van der Waals surface area contributed by atoms with Gasteiger partial charge in [-0.1, -0.05) is 24.3 Å². The Morgan fingerprint density at radius 1 is 1.21 bits per heavy atom.